The molecule has 4 rings (SSSR count). The van der Waals surface area contributed by atoms with Crippen LogP contribution in [0.25, 0.3) is 0 Å². The summed E-state index contributed by atoms with van der Waals surface area (Å²) < 4.78 is 0. The molecule has 3 amide bonds. The Hall–Kier alpha value is -3.48. The van der Waals surface area contributed by atoms with Gasteiger partial charge in [-0.15, -0.1) is 0 Å². The van der Waals surface area contributed by atoms with Crippen molar-refractivity contribution in [1.82, 2.24) is 4.90 Å². The molecule has 2 aromatic carbocycles. The van der Waals surface area contributed by atoms with Gasteiger partial charge < -0.3 is 10.4 Å². The number of nitrogens with one attached hydrogen (secondary N) is 1. The minimum atomic E-state index is -0.950. The van der Waals surface area contributed by atoms with E-state index in [1.54, 1.807) is 48.5 Å². The number of aliphatic carboxylic acids is 1. The smallest absolute Gasteiger partial charge is 0.307 e. The summed E-state index contributed by atoms with van der Waals surface area (Å²) in [5.41, 5.74) is 1.84. The number of nitrogens with zero attached hydrogens (tertiary/aromatic N) is 1. The first-order valence-electron chi connectivity index (χ1n) is 10.0. The normalized spacial score (nSPS) is 20.7. The van der Waals surface area contributed by atoms with Crippen LogP contribution in [-0.4, -0.2) is 33.7 Å². The fourth-order valence-corrected chi connectivity index (χ4v) is 4.30. The molecule has 0 radical (unpaired) electrons. The van der Waals surface area contributed by atoms with Gasteiger partial charge in [-0.1, -0.05) is 43.2 Å². The molecule has 1 fully saturated rings. The van der Waals surface area contributed by atoms with Gasteiger partial charge >= 0.3 is 5.97 Å². The number of hydrogen-bond acceptors (Lipinski definition) is 4. The van der Waals surface area contributed by atoms with Crippen molar-refractivity contribution in [3.63, 3.8) is 0 Å². The highest BCUT2D eigenvalue weighted by Gasteiger charge is 2.37. The Bertz CT molecular complexity index is 997. The number of imide groups is 1. The Morgan fingerprint density at radius 1 is 0.900 bits per heavy atom. The summed E-state index contributed by atoms with van der Waals surface area (Å²) in [7, 11) is 0. The van der Waals surface area contributed by atoms with E-state index in [-0.39, 0.29) is 24.3 Å². The minimum Gasteiger partial charge on any atom is -0.481 e. The van der Waals surface area contributed by atoms with E-state index in [1.165, 1.54) is 0 Å². The van der Waals surface area contributed by atoms with Gasteiger partial charge in [0.05, 0.1) is 29.5 Å². The van der Waals surface area contributed by atoms with Gasteiger partial charge in [0.15, 0.2) is 0 Å². The summed E-state index contributed by atoms with van der Waals surface area (Å²) in [4.78, 5) is 50.9. The van der Waals surface area contributed by atoms with Gasteiger partial charge in [-0.25, -0.2) is 0 Å². The molecule has 0 aromatic heterocycles. The zero-order valence-electron chi connectivity index (χ0n) is 16.3. The zero-order chi connectivity index (χ0) is 21.3. The number of hydrogen-bond donors (Lipinski definition) is 2. The maximum absolute atomic E-state index is 12.9. The van der Waals surface area contributed by atoms with Crippen molar-refractivity contribution >= 4 is 29.4 Å². The van der Waals surface area contributed by atoms with Crippen LogP contribution in [0.2, 0.25) is 0 Å². The Morgan fingerprint density at radius 2 is 1.47 bits per heavy atom. The summed E-state index contributed by atoms with van der Waals surface area (Å²) in [6, 6.07) is 13.6. The van der Waals surface area contributed by atoms with Crippen molar-refractivity contribution < 1.29 is 24.3 Å². The second-order valence-electron chi connectivity index (χ2n) is 7.72. The van der Waals surface area contributed by atoms with E-state index in [2.05, 4.69) is 5.32 Å². The number of rotatable bonds is 5. The van der Waals surface area contributed by atoms with Crippen LogP contribution in [0.15, 0.2) is 48.5 Å². The zero-order valence-corrected chi connectivity index (χ0v) is 16.3. The summed E-state index contributed by atoms with van der Waals surface area (Å²) in [5.74, 6) is -3.30. The van der Waals surface area contributed by atoms with Crippen LogP contribution < -0.4 is 5.32 Å². The molecule has 2 atom stereocenters. The van der Waals surface area contributed by atoms with E-state index in [4.69, 9.17) is 0 Å². The van der Waals surface area contributed by atoms with Crippen molar-refractivity contribution in [3.8, 4) is 0 Å². The lowest BCUT2D eigenvalue weighted by Gasteiger charge is -2.28. The fourth-order valence-electron chi connectivity index (χ4n) is 4.30. The monoisotopic (exact) mass is 406 g/mol. The molecular formula is C23H22N2O5. The number of fused-ring (bicyclic) bond motifs is 1. The average Bonchev–Trinajstić information content (AvgIpc) is 3.00. The molecule has 1 aliphatic carbocycles. The maximum Gasteiger partial charge on any atom is 0.307 e. The molecule has 0 spiro atoms. The summed E-state index contributed by atoms with van der Waals surface area (Å²) in [6.45, 7) is 0.0236. The largest absolute Gasteiger partial charge is 0.481 e. The Kier molecular flexibility index (Phi) is 5.35. The number of benzene rings is 2. The average molecular weight is 406 g/mol. The van der Waals surface area contributed by atoms with E-state index >= 15 is 0 Å². The van der Waals surface area contributed by atoms with E-state index in [1.807, 2.05) is 0 Å². The molecule has 1 aliphatic heterocycles. The van der Waals surface area contributed by atoms with Crippen LogP contribution in [0.4, 0.5) is 5.69 Å². The van der Waals surface area contributed by atoms with Crippen molar-refractivity contribution in [2.24, 2.45) is 11.8 Å². The van der Waals surface area contributed by atoms with Gasteiger partial charge in [0.2, 0.25) is 5.91 Å². The van der Waals surface area contributed by atoms with E-state index < -0.39 is 17.8 Å². The first-order chi connectivity index (χ1) is 14.5. The van der Waals surface area contributed by atoms with Gasteiger partial charge in [0.1, 0.15) is 0 Å². The van der Waals surface area contributed by atoms with Crippen molar-refractivity contribution in [2.45, 2.75) is 32.2 Å². The molecule has 30 heavy (non-hydrogen) atoms. The molecule has 0 bridgehead atoms. The summed E-state index contributed by atoms with van der Waals surface area (Å²) >= 11 is 0. The number of carboxylic acids is 1. The third-order valence-electron chi connectivity index (χ3n) is 5.90. The highest BCUT2D eigenvalue weighted by Crippen LogP contribution is 2.32. The molecule has 2 aromatic rings. The molecule has 1 heterocycles. The number of carbonyl (C=O) groups excluding carboxylic acids is 3. The van der Waals surface area contributed by atoms with E-state index in [9.17, 15) is 24.3 Å². The first kappa shape index (κ1) is 19.8. The SMILES string of the molecule is O=C(Nc1ccccc1CN1C(=O)c2ccccc2C1=O)[C@H]1CCCC[C@H]1C(=O)O. The third kappa shape index (κ3) is 3.58. The highest BCUT2D eigenvalue weighted by molar-refractivity contribution is 6.21. The Balaban J connectivity index is 1.54. The van der Waals surface area contributed by atoms with E-state index in [0.29, 0.717) is 35.2 Å². The van der Waals surface area contributed by atoms with Crippen molar-refractivity contribution in [3.05, 3.63) is 65.2 Å². The first-order valence-corrected chi connectivity index (χ1v) is 10.0. The summed E-state index contributed by atoms with van der Waals surface area (Å²) in [6.07, 6.45) is 2.64. The third-order valence-corrected chi connectivity index (χ3v) is 5.90. The second-order valence-corrected chi connectivity index (χ2v) is 7.72. The van der Waals surface area contributed by atoms with Crippen molar-refractivity contribution in [2.75, 3.05) is 5.32 Å². The van der Waals surface area contributed by atoms with Gasteiger partial charge in [-0.05, 0) is 36.6 Å². The van der Waals surface area contributed by atoms with Gasteiger partial charge in [-0.2, -0.15) is 0 Å². The predicted octanol–water partition coefficient (Wildman–Crippen LogP) is 3.31. The minimum absolute atomic E-state index is 0.0236. The number of carboxylic acid groups (broad SMARTS) is 1. The van der Waals surface area contributed by atoms with Gasteiger partial charge in [-0.3, -0.25) is 24.1 Å². The number of amides is 3. The van der Waals surface area contributed by atoms with Gasteiger partial charge in [0.25, 0.3) is 11.8 Å². The lowest BCUT2D eigenvalue weighted by Crippen LogP contribution is -2.36. The molecule has 2 N–H and O–H groups in total. The fraction of sp³-hybridized carbons (Fsp3) is 0.304. The highest BCUT2D eigenvalue weighted by atomic mass is 16.4. The predicted molar refractivity (Wildman–Crippen MR) is 109 cm³/mol. The Labute approximate surface area is 173 Å². The quantitative estimate of drug-likeness (QED) is 0.742. The maximum atomic E-state index is 12.9. The molecule has 7 nitrogen and oxygen atoms in total. The number of anilines is 1. The Morgan fingerprint density at radius 3 is 2.10 bits per heavy atom. The van der Waals surface area contributed by atoms with Crippen LogP contribution in [0.1, 0.15) is 52.0 Å². The lowest BCUT2D eigenvalue weighted by molar-refractivity contribution is -0.147. The molecule has 0 saturated heterocycles. The summed E-state index contributed by atoms with van der Waals surface area (Å²) in [5, 5.41) is 12.3. The van der Waals surface area contributed by atoms with Crippen LogP contribution in [0.3, 0.4) is 0 Å². The van der Waals surface area contributed by atoms with Crippen LogP contribution in [-0.2, 0) is 16.1 Å². The molecule has 1 saturated carbocycles. The van der Waals surface area contributed by atoms with E-state index in [0.717, 1.165) is 17.7 Å². The van der Waals surface area contributed by atoms with Crippen molar-refractivity contribution in [1.29, 1.82) is 0 Å². The van der Waals surface area contributed by atoms with Crippen LogP contribution >= 0.6 is 0 Å². The number of carbonyl (C=O) groups is 4. The molecule has 0 unspecified atom stereocenters. The van der Waals surface area contributed by atoms with Gasteiger partial charge in [0, 0.05) is 5.69 Å². The van der Waals surface area contributed by atoms with Crippen LogP contribution in [0.5, 0.6) is 0 Å². The van der Waals surface area contributed by atoms with Crippen LogP contribution in [0, 0.1) is 11.8 Å². The lowest BCUT2D eigenvalue weighted by atomic mass is 9.78. The molecule has 2 aliphatic rings. The standard InChI is InChI=1S/C23H22N2O5/c26-20(15-8-2-5-11-18(15)23(29)30)24-19-12-6-1-7-14(19)13-25-21(27)16-9-3-4-10-17(16)22(25)28/h1,3-4,6-7,9-10,12,15,18H,2,5,8,11,13H2,(H,24,26)(H,29,30)/t15-,18+/m0/s1. The molecular weight excluding hydrogens is 384 g/mol. The molecule has 154 valence electrons. The topological polar surface area (TPSA) is 104 Å². The molecule has 7 heteroatoms. The number of para-hydroxylation sites is 1. The second kappa shape index (κ2) is 8.10.